The molecule has 0 saturated heterocycles. The van der Waals surface area contributed by atoms with Gasteiger partial charge in [-0.3, -0.25) is 0 Å². The first-order valence-corrected chi connectivity index (χ1v) is 5.58. The van der Waals surface area contributed by atoms with Crippen molar-refractivity contribution in [1.82, 2.24) is 5.32 Å². The van der Waals surface area contributed by atoms with Gasteiger partial charge in [-0.25, -0.2) is 0 Å². The van der Waals surface area contributed by atoms with Gasteiger partial charge in [0, 0.05) is 6.04 Å². The standard InChI is InChI=1S/C12H25N/c1-8-7-11(13-6)9(2)10(3)12(8,4)5/h8-11,13H,7H2,1-6H3/t8-,9+,10+,11+/m0/s1. The van der Waals surface area contributed by atoms with Gasteiger partial charge in [0.05, 0.1) is 0 Å². The number of rotatable bonds is 1. The highest BCUT2D eigenvalue weighted by molar-refractivity contribution is 4.94. The van der Waals surface area contributed by atoms with Gasteiger partial charge >= 0.3 is 0 Å². The summed E-state index contributed by atoms with van der Waals surface area (Å²) in [5.41, 5.74) is 0.507. The van der Waals surface area contributed by atoms with Crippen LogP contribution in [-0.4, -0.2) is 13.1 Å². The molecule has 1 rings (SSSR count). The molecule has 1 saturated carbocycles. The molecular formula is C12H25N. The van der Waals surface area contributed by atoms with E-state index in [9.17, 15) is 0 Å². The molecule has 0 aliphatic heterocycles. The summed E-state index contributed by atoms with van der Waals surface area (Å²) in [5.74, 6) is 2.45. The first-order chi connectivity index (χ1) is 5.91. The van der Waals surface area contributed by atoms with E-state index in [2.05, 4.69) is 47.0 Å². The van der Waals surface area contributed by atoms with Gasteiger partial charge in [-0.15, -0.1) is 0 Å². The van der Waals surface area contributed by atoms with Crippen molar-refractivity contribution in [3.63, 3.8) is 0 Å². The van der Waals surface area contributed by atoms with E-state index in [0.29, 0.717) is 5.41 Å². The number of hydrogen-bond donors (Lipinski definition) is 1. The van der Waals surface area contributed by atoms with Crippen LogP contribution in [0.4, 0.5) is 0 Å². The Hall–Kier alpha value is -0.0400. The van der Waals surface area contributed by atoms with Crippen LogP contribution in [0.5, 0.6) is 0 Å². The van der Waals surface area contributed by atoms with E-state index in [1.165, 1.54) is 6.42 Å². The van der Waals surface area contributed by atoms with E-state index in [0.717, 1.165) is 23.8 Å². The summed E-state index contributed by atoms with van der Waals surface area (Å²) >= 11 is 0. The van der Waals surface area contributed by atoms with Gasteiger partial charge < -0.3 is 5.32 Å². The summed E-state index contributed by atoms with van der Waals surface area (Å²) in [6.45, 7) is 12.0. The maximum Gasteiger partial charge on any atom is 0.00951 e. The molecule has 78 valence electrons. The van der Waals surface area contributed by atoms with Crippen molar-refractivity contribution in [3.8, 4) is 0 Å². The van der Waals surface area contributed by atoms with Crippen molar-refractivity contribution >= 4 is 0 Å². The second kappa shape index (κ2) is 3.61. The van der Waals surface area contributed by atoms with Gasteiger partial charge in [0.2, 0.25) is 0 Å². The number of nitrogens with one attached hydrogen (secondary N) is 1. The zero-order valence-corrected chi connectivity index (χ0v) is 10.0. The van der Waals surface area contributed by atoms with Crippen LogP contribution in [0.3, 0.4) is 0 Å². The molecule has 0 spiro atoms. The molecule has 13 heavy (non-hydrogen) atoms. The third-order valence-electron chi connectivity index (χ3n) is 4.85. The largest absolute Gasteiger partial charge is 0.317 e. The van der Waals surface area contributed by atoms with Crippen LogP contribution in [0.1, 0.15) is 41.0 Å². The molecule has 1 fully saturated rings. The topological polar surface area (TPSA) is 12.0 Å². The van der Waals surface area contributed by atoms with Gasteiger partial charge in [-0.1, -0.05) is 34.6 Å². The summed E-state index contributed by atoms with van der Waals surface area (Å²) in [5, 5.41) is 3.45. The third kappa shape index (κ3) is 1.76. The Morgan fingerprint density at radius 3 is 2.15 bits per heavy atom. The van der Waals surface area contributed by atoms with Gasteiger partial charge in [-0.2, -0.15) is 0 Å². The van der Waals surface area contributed by atoms with Crippen LogP contribution in [0.15, 0.2) is 0 Å². The van der Waals surface area contributed by atoms with Gasteiger partial charge in [0.1, 0.15) is 0 Å². The highest BCUT2D eigenvalue weighted by Crippen LogP contribution is 2.47. The number of hydrogen-bond acceptors (Lipinski definition) is 1. The quantitative estimate of drug-likeness (QED) is 0.659. The zero-order chi connectivity index (χ0) is 10.2. The molecule has 0 radical (unpaired) electrons. The molecule has 0 aromatic rings. The summed E-state index contributed by atoms with van der Waals surface area (Å²) in [7, 11) is 2.10. The lowest BCUT2D eigenvalue weighted by atomic mass is 9.58. The molecule has 0 unspecified atom stereocenters. The molecular weight excluding hydrogens is 158 g/mol. The molecule has 1 heteroatoms. The van der Waals surface area contributed by atoms with Crippen LogP contribution in [0.2, 0.25) is 0 Å². The van der Waals surface area contributed by atoms with Crippen LogP contribution >= 0.6 is 0 Å². The van der Waals surface area contributed by atoms with Crippen molar-refractivity contribution in [1.29, 1.82) is 0 Å². The lowest BCUT2D eigenvalue weighted by Gasteiger charge is -2.49. The molecule has 0 aromatic heterocycles. The highest BCUT2D eigenvalue weighted by atomic mass is 14.9. The van der Waals surface area contributed by atoms with Crippen molar-refractivity contribution in [3.05, 3.63) is 0 Å². The molecule has 0 heterocycles. The fourth-order valence-corrected chi connectivity index (χ4v) is 2.75. The maximum absolute atomic E-state index is 3.45. The van der Waals surface area contributed by atoms with E-state index in [1.54, 1.807) is 0 Å². The Balaban J connectivity index is 2.79. The molecule has 0 aromatic carbocycles. The monoisotopic (exact) mass is 183 g/mol. The normalized spacial score (nSPS) is 44.8. The second-order valence-electron chi connectivity index (χ2n) is 5.50. The minimum absolute atomic E-state index is 0.507. The summed E-state index contributed by atoms with van der Waals surface area (Å²) in [4.78, 5) is 0. The Morgan fingerprint density at radius 1 is 1.15 bits per heavy atom. The lowest BCUT2D eigenvalue weighted by molar-refractivity contribution is 0.0177. The highest BCUT2D eigenvalue weighted by Gasteiger charge is 2.42. The van der Waals surface area contributed by atoms with E-state index in [4.69, 9.17) is 0 Å². The first-order valence-electron chi connectivity index (χ1n) is 5.58. The van der Waals surface area contributed by atoms with Crippen molar-refractivity contribution in [2.75, 3.05) is 7.05 Å². The second-order valence-corrected chi connectivity index (χ2v) is 5.50. The SMILES string of the molecule is CN[C@@H]1C[C@H](C)C(C)(C)[C@H](C)[C@H]1C. The van der Waals surface area contributed by atoms with E-state index >= 15 is 0 Å². The maximum atomic E-state index is 3.45. The van der Waals surface area contributed by atoms with Crippen LogP contribution in [0.25, 0.3) is 0 Å². The molecule has 1 aliphatic carbocycles. The van der Waals surface area contributed by atoms with Gasteiger partial charge in [0.15, 0.2) is 0 Å². The summed E-state index contributed by atoms with van der Waals surface area (Å²) in [6, 6.07) is 0.720. The Morgan fingerprint density at radius 2 is 1.69 bits per heavy atom. The molecule has 1 N–H and O–H groups in total. The Kier molecular flexibility index (Phi) is 3.06. The van der Waals surface area contributed by atoms with E-state index in [1.807, 2.05) is 0 Å². The fourth-order valence-electron chi connectivity index (χ4n) is 2.75. The third-order valence-corrected chi connectivity index (χ3v) is 4.85. The zero-order valence-electron chi connectivity index (χ0n) is 10.0. The average molecular weight is 183 g/mol. The smallest absolute Gasteiger partial charge is 0.00951 e. The van der Waals surface area contributed by atoms with Crippen LogP contribution in [0, 0.1) is 23.2 Å². The van der Waals surface area contributed by atoms with Crippen molar-refractivity contribution in [2.24, 2.45) is 23.2 Å². The molecule has 0 bridgehead atoms. The van der Waals surface area contributed by atoms with Crippen LogP contribution in [-0.2, 0) is 0 Å². The van der Waals surface area contributed by atoms with Crippen LogP contribution < -0.4 is 5.32 Å². The Bertz CT molecular complexity index is 174. The van der Waals surface area contributed by atoms with E-state index < -0.39 is 0 Å². The minimum atomic E-state index is 0.507. The molecule has 0 amide bonds. The molecule has 1 nitrogen and oxygen atoms in total. The van der Waals surface area contributed by atoms with Gasteiger partial charge in [0.25, 0.3) is 0 Å². The van der Waals surface area contributed by atoms with Crippen molar-refractivity contribution < 1.29 is 0 Å². The Labute approximate surface area is 83.3 Å². The molecule has 4 atom stereocenters. The first kappa shape index (κ1) is 11.0. The minimum Gasteiger partial charge on any atom is -0.317 e. The summed E-state index contributed by atoms with van der Waals surface area (Å²) in [6.07, 6.45) is 1.33. The average Bonchev–Trinajstić information content (AvgIpc) is 2.09. The predicted molar refractivity (Wildman–Crippen MR) is 58.7 cm³/mol. The van der Waals surface area contributed by atoms with E-state index in [-0.39, 0.29) is 0 Å². The lowest BCUT2D eigenvalue weighted by Crippen LogP contribution is -2.49. The predicted octanol–water partition coefficient (Wildman–Crippen LogP) is 2.91. The van der Waals surface area contributed by atoms with Crippen molar-refractivity contribution in [2.45, 2.75) is 47.1 Å². The fraction of sp³-hybridized carbons (Fsp3) is 1.00. The summed E-state index contributed by atoms with van der Waals surface area (Å²) < 4.78 is 0. The molecule has 1 aliphatic rings. The van der Waals surface area contributed by atoms with Gasteiger partial charge in [-0.05, 0) is 36.6 Å².